The van der Waals surface area contributed by atoms with Crippen molar-refractivity contribution in [2.24, 2.45) is 5.92 Å². The van der Waals surface area contributed by atoms with Gasteiger partial charge >= 0.3 is 0 Å². The second-order valence-corrected chi connectivity index (χ2v) is 8.04. The van der Waals surface area contributed by atoms with Crippen LogP contribution in [-0.2, 0) is 11.2 Å². The van der Waals surface area contributed by atoms with Gasteiger partial charge in [0, 0.05) is 12.0 Å². The Labute approximate surface area is 179 Å². The van der Waals surface area contributed by atoms with Crippen LogP contribution in [-0.4, -0.2) is 22.6 Å². The van der Waals surface area contributed by atoms with Crippen LogP contribution < -0.4 is 10.8 Å². The highest BCUT2D eigenvalue weighted by molar-refractivity contribution is 5.77. The quantitative estimate of drug-likeness (QED) is 0.282. The number of hydrogen-bond acceptors (Lipinski definition) is 4. The molecule has 0 saturated carbocycles. The molecule has 3 N–H and O–H groups in total. The molecule has 0 spiro atoms. The van der Waals surface area contributed by atoms with Crippen molar-refractivity contribution in [1.82, 2.24) is 15.8 Å². The van der Waals surface area contributed by atoms with Gasteiger partial charge < -0.3 is 5.32 Å². The van der Waals surface area contributed by atoms with Gasteiger partial charge in [0.05, 0.1) is 11.9 Å². The molecule has 0 unspecified atom stereocenters. The number of carbonyl (C=O) groups excluding carboxylic acids is 1. The topological polar surface area (TPSA) is 74.2 Å². The fourth-order valence-electron chi connectivity index (χ4n) is 3.79. The zero-order valence-corrected chi connectivity index (χ0v) is 18.5. The van der Waals surface area contributed by atoms with Gasteiger partial charge in [-0.2, -0.15) is 0 Å². The SMILES string of the molecule is CC[C@@H](NCCCC[C@@H](Cc1cc(C)c(C)c(C)c1)C(=O)NO)c1ccc(F)cn1. The number of hydrogen-bond donors (Lipinski definition) is 3. The number of rotatable bonds is 11. The minimum Gasteiger partial charge on any atom is -0.309 e. The van der Waals surface area contributed by atoms with Crippen LogP contribution in [0, 0.1) is 32.5 Å². The van der Waals surface area contributed by atoms with Crippen molar-refractivity contribution in [3.63, 3.8) is 0 Å². The number of pyridine rings is 1. The molecule has 0 aliphatic heterocycles. The first kappa shape index (κ1) is 24.0. The van der Waals surface area contributed by atoms with Crippen LogP contribution in [0.5, 0.6) is 0 Å². The zero-order valence-electron chi connectivity index (χ0n) is 18.5. The molecular formula is C24H34FN3O2. The lowest BCUT2D eigenvalue weighted by molar-refractivity contribution is -0.133. The summed E-state index contributed by atoms with van der Waals surface area (Å²) in [4.78, 5) is 16.3. The van der Waals surface area contributed by atoms with Gasteiger partial charge in [-0.3, -0.25) is 15.0 Å². The van der Waals surface area contributed by atoms with Gasteiger partial charge in [-0.25, -0.2) is 9.87 Å². The molecule has 5 nitrogen and oxygen atoms in total. The van der Waals surface area contributed by atoms with Gasteiger partial charge in [0.15, 0.2) is 0 Å². The van der Waals surface area contributed by atoms with Crippen molar-refractivity contribution < 1.29 is 14.4 Å². The number of hydroxylamine groups is 1. The molecule has 1 aromatic heterocycles. The first-order valence-electron chi connectivity index (χ1n) is 10.7. The van der Waals surface area contributed by atoms with E-state index in [0.717, 1.165) is 37.1 Å². The van der Waals surface area contributed by atoms with Gasteiger partial charge in [-0.1, -0.05) is 25.5 Å². The Hall–Kier alpha value is -2.31. The number of aromatic nitrogens is 1. The van der Waals surface area contributed by atoms with Crippen molar-refractivity contribution in [2.75, 3.05) is 6.54 Å². The number of aryl methyl sites for hydroxylation is 2. The monoisotopic (exact) mass is 415 g/mol. The molecule has 1 amide bonds. The smallest absolute Gasteiger partial charge is 0.246 e. The second kappa shape index (κ2) is 11.8. The molecule has 2 aromatic rings. The van der Waals surface area contributed by atoms with Crippen LogP contribution >= 0.6 is 0 Å². The van der Waals surface area contributed by atoms with E-state index in [2.05, 4.69) is 50.1 Å². The summed E-state index contributed by atoms with van der Waals surface area (Å²) < 4.78 is 13.1. The summed E-state index contributed by atoms with van der Waals surface area (Å²) in [5.74, 6) is -0.932. The molecule has 1 aromatic carbocycles. The maximum Gasteiger partial charge on any atom is 0.246 e. The summed E-state index contributed by atoms with van der Waals surface area (Å²) in [6, 6.07) is 7.48. The number of nitrogens with zero attached hydrogens (tertiary/aromatic N) is 1. The average molecular weight is 416 g/mol. The first-order valence-corrected chi connectivity index (χ1v) is 10.7. The Morgan fingerprint density at radius 1 is 1.17 bits per heavy atom. The molecule has 0 aliphatic rings. The number of amides is 1. The van der Waals surface area contributed by atoms with Crippen molar-refractivity contribution >= 4 is 5.91 Å². The molecule has 6 heteroatoms. The molecule has 30 heavy (non-hydrogen) atoms. The Morgan fingerprint density at radius 2 is 1.87 bits per heavy atom. The van der Waals surface area contributed by atoms with Crippen LogP contribution in [0.25, 0.3) is 0 Å². The highest BCUT2D eigenvalue weighted by atomic mass is 19.1. The van der Waals surface area contributed by atoms with Gasteiger partial charge in [0.2, 0.25) is 5.91 Å². The molecule has 0 aliphatic carbocycles. The summed E-state index contributed by atoms with van der Waals surface area (Å²) in [7, 11) is 0. The van der Waals surface area contributed by atoms with Gasteiger partial charge in [-0.05, 0) is 87.4 Å². The number of carbonyl (C=O) groups is 1. The van der Waals surface area contributed by atoms with E-state index in [1.165, 1.54) is 29.0 Å². The van der Waals surface area contributed by atoms with E-state index < -0.39 is 0 Å². The Bertz CT molecular complexity index is 801. The lowest BCUT2D eigenvalue weighted by Crippen LogP contribution is -2.29. The Morgan fingerprint density at radius 3 is 2.43 bits per heavy atom. The van der Waals surface area contributed by atoms with Crippen LogP contribution in [0.4, 0.5) is 4.39 Å². The molecule has 0 radical (unpaired) electrons. The predicted molar refractivity (Wildman–Crippen MR) is 117 cm³/mol. The third-order valence-electron chi connectivity index (χ3n) is 5.84. The molecule has 164 valence electrons. The lowest BCUT2D eigenvalue weighted by atomic mass is 9.90. The summed E-state index contributed by atoms with van der Waals surface area (Å²) in [5, 5.41) is 12.6. The molecular weight excluding hydrogens is 381 g/mol. The molecule has 0 fully saturated rings. The summed E-state index contributed by atoms with van der Waals surface area (Å²) in [6.45, 7) is 9.12. The molecule has 1 heterocycles. The highest BCUT2D eigenvalue weighted by Crippen LogP contribution is 2.21. The first-order chi connectivity index (χ1) is 14.3. The lowest BCUT2D eigenvalue weighted by Gasteiger charge is -2.18. The van der Waals surface area contributed by atoms with E-state index in [9.17, 15) is 9.18 Å². The number of benzene rings is 1. The summed E-state index contributed by atoms with van der Waals surface area (Å²) >= 11 is 0. The van der Waals surface area contributed by atoms with Gasteiger partial charge in [0.25, 0.3) is 0 Å². The van der Waals surface area contributed by atoms with E-state index in [-0.39, 0.29) is 23.7 Å². The minimum absolute atomic E-state index is 0.0839. The fourth-order valence-corrected chi connectivity index (χ4v) is 3.79. The number of halogens is 1. The number of unbranched alkanes of at least 4 members (excludes halogenated alkanes) is 1. The average Bonchev–Trinajstić information content (AvgIpc) is 2.73. The number of nitrogens with one attached hydrogen (secondary N) is 2. The summed E-state index contributed by atoms with van der Waals surface area (Å²) in [5.41, 5.74) is 7.49. The molecule has 2 rings (SSSR count). The van der Waals surface area contributed by atoms with Crippen LogP contribution in [0.1, 0.15) is 66.6 Å². The molecule has 0 saturated heterocycles. The fraction of sp³-hybridized carbons (Fsp3) is 0.500. The van der Waals surface area contributed by atoms with E-state index in [1.807, 2.05) is 5.48 Å². The van der Waals surface area contributed by atoms with E-state index in [1.54, 1.807) is 6.07 Å². The maximum absolute atomic E-state index is 13.1. The van der Waals surface area contributed by atoms with Crippen molar-refractivity contribution in [1.29, 1.82) is 0 Å². The summed E-state index contributed by atoms with van der Waals surface area (Å²) in [6.07, 6.45) is 5.18. The van der Waals surface area contributed by atoms with Crippen LogP contribution in [0.2, 0.25) is 0 Å². The van der Waals surface area contributed by atoms with Crippen molar-refractivity contribution in [3.8, 4) is 0 Å². The highest BCUT2D eigenvalue weighted by Gasteiger charge is 2.19. The van der Waals surface area contributed by atoms with Gasteiger partial charge in [-0.15, -0.1) is 0 Å². The van der Waals surface area contributed by atoms with E-state index in [4.69, 9.17) is 5.21 Å². The van der Waals surface area contributed by atoms with Crippen molar-refractivity contribution in [2.45, 2.75) is 65.8 Å². The van der Waals surface area contributed by atoms with Crippen LogP contribution in [0.3, 0.4) is 0 Å². The normalized spacial score (nSPS) is 13.1. The van der Waals surface area contributed by atoms with Crippen molar-refractivity contribution in [3.05, 3.63) is 64.2 Å². The predicted octanol–water partition coefficient (Wildman–Crippen LogP) is 4.72. The second-order valence-electron chi connectivity index (χ2n) is 8.04. The largest absolute Gasteiger partial charge is 0.309 e. The Balaban J connectivity index is 1.86. The molecule has 0 bridgehead atoms. The third-order valence-corrected chi connectivity index (χ3v) is 5.84. The van der Waals surface area contributed by atoms with Gasteiger partial charge in [0.1, 0.15) is 5.82 Å². The van der Waals surface area contributed by atoms with Crippen LogP contribution in [0.15, 0.2) is 30.5 Å². The Kier molecular flexibility index (Phi) is 9.40. The minimum atomic E-state index is -0.333. The standard InChI is InChI=1S/C24H34FN3O2/c1-5-22(23-10-9-21(25)15-27-23)26-11-7-6-8-20(24(29)28-30)14-19-12-16(2)18(4)17(3)13-19/h9-10,12-13,15,20,22,26,30H,5-8,11,14H2,1-4H3,(H,28,29)/t20-,22+/m0/s1. The van der Waals surface area contributed by atoms with E-state index in [0.29, 0.717) is 12.8 Å². The zero-order chi connectivity index (χ0) is 22.1. The van der Waals surface area contributed by atoms with E-state index >= 15 is 0 Å². The maximum atomic E-state index is 13.1. The molecule has 2 atom stereocenters. The third kappa shape index (κ3) is 6.89.